The van der Waals surface area contributed by atoms with Gasteiger partial charge in [-0.1, -0.05) is 25.5 Å². The van der Waals surface area contributed by atoms with Gasteiger partial charge < -0.3 is 5.32 Å². The van der Waals surface area contributed by atoms with E-state index in [2.05, 4.69) is 29.3 Å². The Hall–Kier alpha value is -1.35. The van der Waals surface area contributed by atoms with Crippen LogP contribution in [0.2, 0.25) is 0 Å². The molecule has 1 heterocycles. The Bertz CT molecular complexity index is 574. The number of benzene rings is 1. The van der Waals surface area contributed by atoms with Crippen molar-refractivity contribution >= 4 is 5.91 Å². The van der Waals surface area contributed by atoms with Crippen LogP contribution in [0.1, 0.15) is 61.4 Å². The third kappa shape index (κ3) is 3.51. The minimum absolute atomic E-state index is 0.117. The number of nitrogens with one attached hydrogen (secondary N) is 1. The number of hydrogen-bond donors (Lipinski definition) is 1. The van der Waals surface area contributed by atoms with E-state index >= 15 is 0 Å². The highest BCUT2D eigenvalue weighted by atomic mass is 16.1. The van der Waals surface area contributed by atoms with Gasteiger partial charge in [0.2, 0.25) is 0 Å². The summed E-state index contributed by atoms with van der Waals surface area (Å²) in [6, 6.07) is 8.70. The van der Waals surface area contributed by atoms with Gasteiger partial charge in [0.25, 0.3) is 5.91 Å². The molecule has 1 N–H and O–H groups in total. The summed E-state index contributed by atoms with van der Waals surface area (Å²) in [6.07, 6.45) is 7.83. The van der Waals surface area contributed by atoms with Crippen molar-refractivity contribution in [3.63, 3.8) is 0 Å². The summed E-state index contributed by atoms with van der Waals surface area (Å²) in [5, 5.41) is 3.28. The minimum Gasteiger partial charge on any atom is -0.349 e. The van der Waals surface area contributed by atoms with E-state index in [0.29, 0.717) is 6.04 Å². The fourth-order valence-corrected chi connectivity index (χ4v) is 4.91. The highest BCUT2D eigenvalue weighted by Crippen LogP contribution is 2.44. The van der Waals surface area contributed by atoms with Gasteiger partial charge >= 0.3 is 0 Å². The van der Waals surface area contributed by atoms with Crippen LogP contribution >= 0.6 is 0 Å². The predicted molar refractivity (Wildman–Crippen MR) is 96.8 cm³/mol. The lowest BCUT2D eigenvalue weighted by Gasteiger charge is -2.30. The van der Waals surface area contributed by atoms with Crippen LogP contribution in [-0.2, 0) is 6.54 Å². The minimum atomic E-state index is 0.117. The van der Waals surface area contributed by atoms with E-state index in [1.165, 1.54) is 57.2 Å². The van der Waals surface area contributed by atoms with Crippen LogP contribution in [0, 0.1) is 17.8 Å². The first-order valence-corrected chi connectivity index (χ1v) is 9.79. The fraction of sp³-hybridized carbons (Fsp3) is 0.667. The number of piperidine rings is 1. The quantitative estimate of drug-likeness (QED) is 0.912. The van der Waals surface area contributed by atoms with Gasteiger partial charge in [-0.3, -0.25) is 9.69 Å². The molecule has 1 amide bonds. The van der Waals surface area contributed by atoms with Crippen molar-refractivity contribution in [1.29, 1.82) is 0 Å². The van der Waals surface area contributed by atoms with Gasteiger partial charge in [-0.05, 0) is 80.6 Å². The zero-order chi connectivity index (χ0) is 16.5. The van der Waals surface area contributed by atoms with E-state index in [9.17, 15) is 4.79 Å². The predicted octanol–water partition coefficient (Wildman–Crippen LogP) is 3.84. The number of carbonyl (C=O) groups excluding carboxylic acids is 1. The zero-order valence-corrected chi connectivity index (χ0v) is 14.8. The third-order valence-electron chi connectivity index (χ3n) is 6.55. The van der Waals surface area contributed by atoms with E-state index < -0.39 is 0 Å². The number of carbonyl (C=O) groups is 1. The lowest BCUT2D eigenvalue weighted by atomic mass is 9.95. The van der Waals surface area contributed by atoms with Crippen molar-refractivity contribution in [1.82, 2.24) is 10.2 Å². The van der Waals surface area contributed by atoms with E-state index in [1.54, 1.807) is 0 Å². The van der Waals surface area contributed by atoms with Crippen LogP contribution in [0.15, 0.2) is 24.3 Å². The Balaban J connectivity index is 1.31. The molecule has 3 nitrogen and oxygen atoms in total. The second-order valence-corrected chi connectivity index (χ2v) is 8.41. The second kappa shape index (κ2) is 6.87. The molecular formula is C21H30N2O. The van der Waals surface area contributed by atoms with E-state index in [1.807, 2.05) is 12.1 Å². The first kappa shape index (κ1) is 16.1. The molecule has 3 aliphatic rings. The lowest BCUT2D eigenvalue weighted by Crippen LogP contribution is -2.38. The average Bonchev–Trinajstić information content (AvgIpc) is 3.20. The molecule has 2 bridgehead atoms. The standard InChI is InChI=1S/C21H30N2O/c1-15-8-10-23(11-9-15)14-16-2-5-18(6-3-16)21(24)22-20-13-17-4-7-19(20)12-17/h2-3,5-6,15,17,19-20H,4,7-14H2,1H3,(H,22,24)/t17-,19-,20-/m1/s1. The molecule has 3 heteroatoms. The molecule has 3 atom stereocenters. The van der Waals surface area contributed by atoms with Gasteiger partial charge in [-0.2, -0.15) is 0 Å². The molecule has 1 saturated heterocycles. The summed E-state index contributed by atoms with van der Waals surface area (Å²) < 4.78 is 0. The monoisotopic (exact) mass is 326 g/mol. The molecule has 1 aromatic carbocycles. The molecule has 0 spiro atoms. The van der Waals surface area contributed by atoms with Crippen molar-refractivity contribution < 1.29 is 4.79 Å². The SMILES string of the molecule is CC1CCN(Cc2ccc(C(=O)N[C@@H]3C[C@@H]4CC[C@@H]3C4)cc2)CC1. The topological polar surface area (TPSA) is 32.3 Å². The molecule has 2 saturated carbocycles. The highest BCUT2D eigenvalue weighted by Gasteiger charge is 2.40. The maximum Gasteiger partial charge on any atom is 0.251 e. The van der Waals surface area contributed by atoms with Gasteiger partial charge in [0.05, 0.1) is 0 Å². The highest BCUT2D eigenvalue weighted by molar-refractivity contribution is 5.94. The van der Waals surface area contributed by atoms with Crippen LogP contribution in [0.4, 0.5) is 0 Å². The number of rotatable bonds is 4. The number of nitrogens with zero attached hydrogens (tertiary/aromatic N) is 1. The molecule has 3 fully saturated rings. The molecule has 0 unspecified atom stereocenters. The Labute approximate surface area is 145 Å². The Morgan fingerprint density at radius 1 is 1.08 bits per heavy atom. The summed E-state index contributed by atoms with van der Waals surface area (Å²) in [7, 11) is 0. The number of hydrogen-bond acceptors (Lipinski definition) is 2. The van der Waals surface area contributed by atoms with Crippen molar-refractivity contribution in [2.75, 3.05) is 13.1 Å². The molecule has 1 aliphatic heterocycles. The first-order chi connectivity index (χ1) is 11.7. The Kier molecular flexibility index (Phi) is 4.62. The summed E-state index contributed by atoms with van der Waals surface area (Å²) in [5.74, 6) is 2.60. The van der Waals surface area contributed by atoms with E-state index in [-0.39, 0.29) is 5.91 Å². The smallest absolute Gasteiger partial charge is 0.251 e. The molecule has 24 heavy (non-hydrogen) atoms. The van der Waals surface area contributed by atoms with Crippen LogP contribution < -0.4 is 5.32 Å². The molecule has 0 radical (unpaired) electrons. The summed E-state index contributed by atoms with van der Waals surface area (Å²) in [6.45, 7) is 5.77. The Morgan fingerprint density at radius 2 is 1.83 bits per heavy atom. The normalized spacial score (nSPS) is 30.6. The fourth-order valence-electron chi connectivity index (χ4n) is 4.91. The third-order valence-corrected chi connectivity index (χ3v) is 6.55. The van der Waals surface area contributed by atoms with Gasteiger partial charge in [0.1, 0.15) is 0 Å². The average molecular weight is 326 g/mol. The summed E-state index contributed by atoms with van der Waals surface area (Å²) >= 11 is 0. The van der Waals surface area contributed by atoms with Crippen molar-refractivity contribution in [3.8, 4) is 0 Å². The van der Waals surface area contributed by atoms with Gasteiger partial charge in [-0.25, -0.2) is 0 Å². The second-order valence-electron chi connectivity index (χ2n) is 8.41. The molecule has 2 aliphatic carbocycles. The van der Waals surface area contributed by atoms with Crippen molar-refractivity contribution in [2.45, 2.75) is 58.0 Å². The molecule has 1 aromatic rings. The van der Waals surface area contributed by atoms with Crippen LogP contribution in [0.3, 0.4) is 0 Å². The zero-order valence-electron chi connectivity index (χ0n) is 14.8. The molecule has 0 aromatic heterocycles. The van der Waals surface area contributed by atoms with Gasteiger partial charge in [0, 0.05) is 18.2 Å². The molecule has 4 rings (SSSR count). The first-order valence-electron chi connectivity index (χ1n) is 9.79. The summed E-state index contributed by atoms with van der Waals surface area (Å²) in [4.78, 5) is 15.0. The van der Waals surface area contributed by atoms with E-state index in [4.69, 9.17) is 0 Å². The van der Waals surface area contributed by atoms with Crippen molar-refractivity contribution in [2.24, 2.45) is 17.8 Å². The number of amides is 1. The lowest BCUT2D eigenvalue weighted by molar-refractivity contribution is 0.0923. The maximum atomic E-state index is 12.5. The molecular weight excluding hydrogens is 296 g/mol. The van der Waals surface area contributed by atoms with Gasteiger partial charge in [-0.15, -0.1) is 0 Å². The number of fused-ring (bicyclic) bond motifs is 2. The van der Waals surface area contributed by atoms with Gasteiger partial charge in [0.15, 0.2) is 0 Å². The van der Waals surface area contributed by atoms with E-state index in [0.717, 1.165) is 29.9 Å². The largest absolute Gasteiger partial charge is 0.349 e. The van der Waals surface area contributed by atoms with Crippen LogP contribution in [0.5, 0.6) is 0 Å². The summed E-state index contributed by atoms with van der Waals surface area (Å²) in [5.41, 5.74) is 2.13. The maximum absolute atomic E-state index is 12.5. The number of likely N-dealkylation sites (tertiary alicyclic amines) is 1. The van der Waals surface area contributed by atoms with Crippen molar-refractivity contribution in [3.05, 3.63) is 35.4 Å². The van der Waals surface area contributed by atoms with Crippen LogP contribution in [-0.4, -0.2) is 29.9 Å². The van der Waals surface area contributed by atoms with Crippen LogP contribution in [0.25, 0.3) is 0 Å². The molecule has 130 valence electrons. The Morgan fingerprint density at radius 3 is 2.46 bits per heavy atom.